The van der Waals surface area contributed by atoms with Crippen LogP contribution in [-0.2, 0) is 9.53 Å². The van der Waals surface area contributed by atoms with Gasteiger partial charge in [0.05, 0.1) is 11.3 Å². The van der Waals surface area contributed by atoms with E-state index in [0.717, 1.165) is 19.3 Å². The topological polar surface area (TPSA) is 26.3 Å². The van der Waals surface area contributed by atoms with Crippen molar-refractivity contribution >= 4 is 29.3 Å². The van der Waals surface area contributed by atoms with Gasteiger partial charge in [-0.2, -0.15) is 0 Å². The van der Waals surface area contributed by atoms with Gasteiger partial charge < -0.3 is 4.74 Å². The van der Waals surface area contributed by atoms with Gasteiger partial charge >= 0.3 is 5.97 Å². The molecule has 0 aliphatic rings. The molecule has 0 N–H and O–H groups in total. The van der Waals surface area contributed by atoms with E-state index in [1.165, 1.54) is 11.0 Å². The van der Waals surface area contributed by atoms with Crippen molar-refractivity contribution in [1.29, 1.82) is 0 Å². The highest BCUT2D eigenvalue weighted by Crippen LogP contribution is 2.28. The quantitative estimate of drug-likeness (QED) is 0.230. The molecule has 0 fully saturated rings. The first-order valence-electron chi connectivity index (χ1n) is 6.41. The van der Waals surface area contributed by atoms with E-state index >= 15 is 0 Å². The average molecular weight is 299 g/mol. The van der Waals surface area contributed by atoms with Crippen molar-refractivity contribution < 1.29 is 9.53 Å². The molecule has 0 amide bonds. The van der Waals surface area contributed by atoms with E-state index in [2.05, 4.69) is 12.1 Å². The molecule has 1 aromatic carbocycles. The van der Waals surface area contributed by atoms with Crippen molar-refractivity contribution in [3.63, 3.8) is 0 Å². The van der Waals surface area contributed by atoms with Gasteiger partial charge in [0.2, 0.25) is 0 Å². The average Bonchev–Trinajstić information content (AvgIpc) is 2.40. The van der Waals surface area contributed by atoms with Crippen LogP contribution in [-0.4, -0.2) is 17.3 Å². The minimum absolute atomic E-state index is 0.0680. The summed E-state index contributed by atoms with van der Waals surface area (Å²) >= 11 is 7.92. The lowest BCUT2D eigenvalue weighted by Gasteiger charge is -2.07. The van der Waals surface area contributed by atoms with Crippen molar-refractivity contribution in [1.82, 2.24) is 0 Å². The minimum atomic E-state index is -0.274. The Hall–Kier alpha value is -0.930. The normalized spacial score (nSPS) is 12.5. The number of allylic oxidation sites excluding steroid dienone is 1. The van der Waals surface area contributed by atoms with Crippen molar-refractivity contribution in [2.24, 2.45) is 0 Å². The molecule has 0 aliphatic carbocycles. The number of carbonyl (C=O) groups excluding carboxylic acids is 1. The maximum absolute atomic E-state index is 11.0. The van der Waals surface area contributed by atoms with E-state index in [1.54, 1.807) is 18.7 Å². The van der Waals surface area contributed by atoms with Crippen molar-refractivity contribution in [3.05, 3.63) is 42.5 Å². The summed E-state index contributed by atoms with van der Waals surface area (Å²) in [5.41, 5.74) is 0. The number of hydrogen-bond donors (Lipinski definition) is 0. The highest BCUT2D eigenvalue weighted by atomic mass is 35.5. The van der Waals surface area contributed by atoms with Crippen LogP contribution in [0, 0.1) is 0 Å². The fourth-order valence-electron chi connectivity index (χ4n) is 1.47. The lowest BCUT2D eigenvalue weighted by Crippen LogP contribution is -1.98. The number of halogens is 1. The Kier molecular flexibility index (Phi) is 8.43. The third-order valence-corrected chi connectivity index (χ3v) is 3.87. The maximum atomic E-state index is 11.0. The Bertz CT molecular complexity index is 392. The zero-order valence-electron chi connectivity index (χ0n) is 11.0. The summed E-state index contributed by atoms with van der Waals surface area (Å²) in [6, 6.07) is 10.1. The number of thioether (sulfide) groups is 1. The molecule has 2 nitrogen and oxygen atoms in total. The molecule has 0 heterocycles. The number of alkyl halides is 1. The van der Waals surface area contributed by atoms with Gasteiger partial charge in [-0.25, -0.2) is 4.79 Å². The van der Waals surface area contributed by atoms with Crippen LogP contribution in [0.1, 0.15) is 26.2 Å². The summed E-state index contributed by atoms with van der Waals surface area (Å²) in [5, 5.41) is 0. The van der Waals surface area contributed by atoms with Gasteiger partial charge in [0.1, 0.15) is 0 Å². The molecule has 4 heteroatoms. The lowest BCUT2D eigenvalue weighted by atomic mass is 10.2. The Morgan fingerprint density at radius 2 is 2.16 bits per heavy atom. The number of ether oxygens (including phenoxy) is 1. The van der Waals surface area contributed by atoms with Crippen LogP contribution < -0.4 is 0 Å². The summed E-state index contributed by atoms with van der Waals surface area (Å²) in [6.07, 6.45) is 6.04. The first-order valence-corrected chi connectivity index (χ1v) is 7.73. The molecule has 0 radical (unpaired) electrons. The van der Waals surface area contributed by atoms with E-state index in [-0.39, 0.29) is 10.7 Å². The molecule has 0 saturated heterocycles. The van der Waals surface area contributed by atoms with E-state index in [4.69, 9.17) is 16.3 Å². The van der Waals surface area contributed by atoms with Crippen LogP contribution in [0.2, 0.25) is 0 Å². The van der Waals surface area contributed by atoms with E-state index < -0.39 is 0 Å². The highest BCUT2D eigenvalue weighted by Gasteiger charge is 2.05. The Morgan fingerprint density at radius 3 is 2.84 bits per heavy atom. The fraction of sp³-hybridized carbons (Fsp3) is 0.400. The molecule has 1 rings (SSSR count). The van der Waals surface area contributed by atoms with Gasteiger partial charge in [-0.05, 0) is 38.3 Å². The summed E-state index contributed by atoms with van der Waals surface area (Å²) in [5.74, 6) is -0.274. The third-order valence-electron chi connectivity index (χ3n) is 2.35. The first-order chi connectivity index (χ1) is 9.22. The van der Waals surface area contributed by atoms with Gasteiger partial charge in [0, 0.05) is 11.0 Å². The lowest BCUT2D eigenvalue weighted by molar-refractivity contribution is -0.137. The Morgan fingerprint density at radius 1 is 1.42 bits per heavy atom. The zero-order chi connectivity index (χ0) is 13.9. The number of hydrogen-bond acceptors (Lipinski definition) is 3. The molecule has 19 heavy (non-hydrogen) atoms. The van der Waals surface area contributed by atoms with Crippen molar-refractivity contribution in [2.45, 2.75) is 35.8 Å². The molecule has 0 spiro atoms. The minimum Gasteiger partial charge on any atom is -0.463 e. The second kappa shape index (κ2) is 9.93. The molecular weight excluding hydrogens is 280 g/mol. The van der Waals surface area contributed by atoms with Crippen LogP contribution in [0.5, 0.6) is 0 Å². The Labute approximate surface area is 124 Å². The second-order valence-electron chi connectivity index (χ2n) is 3.93. The van der Waals surface area contributed by atoms with Gasteiger partial charge in [0.15, 0.2) is 0 Å². The highest BCUT2D eigenvalue weighted by molar-refractivity contribution is 8.01. The monoisotopic (exact) mass is 298 g/mol. The maximum Gasteiger partial charge on any atom is 0.330 e. The summed E-state index contributed by atoms with van der Waals surface area (Å²) in [7, 11) is 0. The number of carbonyl (C=O) groups is 1. The molecule has 1 unspecified atom stereocenters. The summed E-state index contributed by atoms with van der Waals surface area (Å²) < 4.78 is 4.86. The largest absolute Gasteiger partial charge is 0.463 e. The van der Waals surface area contributed by atoms with Gasteiger partial charge in [-0.1, -0.05) is 24.3 Å². The predicted octanol–water partition coefficient (Wildman–Crippen LogP) is 4.63. The van der Waals surface area contributed by atoms with Gasteiger partial charge in [0.25, 0.3) is 0 Å². The Balaban J connectivity index is 2.14. The van der Waals surface area contributed by atoms with Crippen LogP contribution in [0.4, 0.5) is 0 Å². The molecule has 0 aliphatic heterocycles. The zero-order valence-corrected chi connectivity index (χ0v) is 12.6. The van der Waals surface area contributed by atoms with E-state index in [1.807, 2.05) is 24.3 Å². The smallest absolute Gasteiger partial charge is 0.330 e. The fourth-order valence-corrected chi connectivity index (χ4v) is 2.83. The molecule has 0 bridgehead atoms. The van der Waals surface area contributed by atoms with Crippen LogP contribution in [0.15, 0.2) is 47.4 Å². The van der Waals surface area contributed by atoms with Crippen LogP contribution >= 0.6 is 23.4 Å². The van der Waals surface area contributed by atoms with E-state index in [9.17, 15) is 4.79 Å². The first kappa shape index (κ1) is 16.1. The van der Waals surface area contributed by atoms with Crippen LogP contribution in [0.25, 0.3) is 0 Å². The van der Waals surface area contributed by atoms with Gasteiger partial charge in [-0.3, -0.25) is 0 Å². The number of esters is 1. The predicted molar refractivity (Wildman–Crippen MR) is 81.6 cm³/mol. The van der Waals surface area contributed by atoms with Gasteiger partial charge in [-0.15, -0.1) is 23.4 Å². The number of benzene rings is 1. The second-order valence-corrected chi connectivity index (χ2v) is 5.99. The molecular formula is C15H19ClO2S. The summed E-state index contributed by atoms with van der Waals surface area (Å²) in [4.78, 5) is 12.2. The SMILES string of the molecule is CCOC(=O)/C=C/CCCC(Cl)Sc1ccccc1. The van der Waals surface area contributed by atoms with E-state index in [0.29, 0.717) is 6.61 Å². The number of rotatable bonds is 8. The standard InChI is InChI=1S/C15H19ClO2S/c1-2-18-15(17)12-8-4-7-11-14(16)19-13-9-5-3-6-10-13/h3,5-6,8-10,12,14H,2,4,7,11H2,1H3/b12-8+. The van der Waals surface area contributed by atoms with Crippen LogP contribution in [0.3, 0.4) is 0 Å². The molecule has 104 valence electrons. The third kappa shape index (κ3) is 7.96. The van der Waals surface area contributed by atoms with Crippen molar-refractivity contribution in [3.8, 4) is 0 Å². The van der Waals surface area contributed by atoms with Crippen molar-refractivity contribution in [2.75, 3.05) is 6.61 Å². The molecule has 1 aromatic rings. The summed E-state index contributed by atoms with van der Waals surface area (Å²) in [6.45, 7) is 2.21. The molecule has 0 aromatic heterocycles. The molecule has 1 atom stereocenters. The molecule has 0 saturated carbocycles. The number of unbranched alkanes of at least 4 members (excludes halogenated alkanes) is 1.